The lowest BCUT2D eigenvalue weighted by atomic mass is 10.1. The van der Waals surface area contributed by atoms with Crippen molar-refractivity contribution < 1.29 is 14.4 Å². The van der Waals surface area contributed by atoms with Gasteiger partial charge >= 0.3 is 0 Å². The van der Waals surface area contributed by atoms with E-state index in [1.54, 1.807) is 18.2 Å². The minimum Gasteiger partial charge on any atom is -0.508 e. The van der Waals surface area contributed by atoms with Gasteiger partial charge in [-0.3, -0.25) is 0 Å². The molecule has 5 heteroatoms. The maximum absolute atomic E-state index is 9.45. The predicted octanol–water partition coefficient (Wildman–Crippen LogP) is 2.68. The normalized spacial score (nSPS) is 10.8. The summed E-state index contributed by atoms with van der Waals surface area (Å²) in [5, 5.41) is 13.3. The van der Waals surface area contributed by atoms with Crippen LogP contribution in [-0.2, 0) is 11.3 Å². The number of ether oxygens (including phenoxy) is 1. The number of phenolic OH excluding ortho intramolecular Hbond substituents is 1. The van der Waals surface area contributed by atoms with E-state index in [2.05, 4.69) is 10.1 Å². The monoisotopic (exact) mass is 248 g/mol. The van der Waals surface area contributed by atoms with Gasteiger partial charge in [0.1, 0.15) is 12.4 Å². The third-order valence-corrected chi connectivity index (χ3v) is 2.49. The van der Waals surface area contributed by atoms with Crippen molar-refractivity contribution in [2.75, 3.05) is 6.61 Å². The lowest BCUT2D eigenvalue weighted by Gasteiger charge is -1.99. The highest BCUT2D eigenvalue weighted by Crippen LogP contribution is 2.24. The molecular formula is C13H16N2O3. The molecule has 96 valence electrons. The predicted molar refractivity (Wildman–Crippen MR) is 66.1 cm³/mol. The van der Waals surface area contributed by atoms with Gasteiger partial charge in [0, 0.05) is 12.2 Å². The highest BCUT2D eigenvalue weighted by atomic mass is 16.5. The zero-order chi connectivity index (χ0) is 13.0. The number of aromatic hydroxyl groups is 1. The van der Waals surface area contributed by atoms with E-state index in [0.29, 0.717) is 24.9 Å². The highest BCUT2D eigenvalue weighted by molar-refractivity contribution is 5.56. The van der Waals surface area contributed by atoms with Crippen molar-refractivity contribution >= 4 is 0 Å². The van der Waals surface area contributed by atoms with Gasteiger partial charge in [0.25, 0.3) is 5.89 Å². The fourth-order valence-electron chi connectivity index (χ4n) is 1.53. The number of benzene rings is 1. The number of nitrogens with zero attached hydrogens (tertiary/aromatic N) is 2. The van der Waals surface area contributed by atoms with Gasteiger partial charge in [-0.25, -0.2) is 0 Å². The van der Waals surface area contributed by atoms with Crippen molar-refractivity contribution in [1.29, 1.82) is 0 Å². The second-order valence-corrected chi connectivity index (χ2v) is 4.07. The van der Waals surface area contributed by atoms with Crippen molar-refractivity contribution in [2.45, 2.75) is 26.9 Å². The molecule has 1 N–H and O–H groups in total. The molecule has 0 radical (unpaired) electrons. The van der Waals surface area contributed by atoms with Crippen molar-refractivity contribution in [2.24, 2.45) is 0 Å². The fraction of sp³-hybridized carbons (Fsp3) is 0.385. The van der Waals surface area contributed by atoms with E-state index in [9.17, 15) is 5.11 Å². The molecule has 0 amide bonds. The van der Waals surface area contributed by atoms with Crippen molar-refractivity contribution in [3.63, 3.8) is 0 Å². The molecule has 0 aliphatic heterocycles. The van der Waals surface area contributed by atoms with Gasteiger partial charge < -0.3 is 14.4 Å². The zero-order valence-corrected chi connectivity index (χ0v) is 10.5. The Balaban J connectivity index is 2.11. The van der Waals surface area contributed by atoms with E-state index in [-0.39, 0.29) is 5.75 Å². The third kappa shape index (κ3) is 2.87. The first-order chi connectivity index (χ1) is 8.70. The number of aryl methyl sites for hydroxylation is 1. The minimum absolute atomic E-state index is 0.254. The molecule has 0 aliphatic rings. The van der Waals surface area contributed by atoms with Crippen LogP contribution >= 0.6 is 0 Å². The average Bonchev–Trinajstić information content (AvgIpc) is 2.82. The first kappa shape index (κ1) is 12.6. The molecule has 0 bridgehead atoms. The molecule has 0 fully saturated rings. The standard InChI is InChI=1S/C13H16N2O3/c1-3-6-17-8-12-14-13(18-15-12)10-4-5-11(16)9(2)7-10/h4-5,7,16H,3,6,8H2,1-2H3. The molecule has 2 rings (SSSR count). The number of phenols is 1. The van der Waals surface area contributed by atoms with E-state index in [1.165, 1.54) is 0 Å². The Bertz CT molecular complexity index is 523. The van der Waals surface area contributed by atoms with Crippen LogP contribution in [0.3, 0.4) is 0 Å². The SMILES string of the molecule is CCCOCc1noc(-c2ccc(O)c(C)c2)n1. The summed E-state index contributed by atoms with van der Waals surface area (Å²) in [6.07, 6.45) is 0.960. The van der Waals surface area contributed by atoms with Crippen molar-refractivity contribution in [1.82, 2.24) is 10.1 Å². The molecule has 1 aromatic heterocycles. The lowest BCUT2D eigenvalue weighted by molar-refractivity contribution is 0.114. The average molecular weight is 248 g/mol. The largest absolute Gasteiger partial charge is 0.508 e. The van der Waals surface area contributed by atoms with Gasteiger partial charge in [-0.15, -0.1) is 0 Å². The number of hydrogen-bond acceptors (Lipinski definition) is 5. The van der Waals surface area contributed by atoms with E-state index in [4.69, 9.17) is 9.26 Å². The van der Waals surface area contributed by atoms with Gasteiger partial charge in [0.2, 0.25) is 0 Å². The summed E-state index contributed by atoms with van der Waals surface area (Å²) in [5.41, 5.74) is 1.56. The van der Waals surface area contributed by atoms with Crippen LogP contribution in [0.4, 0.5) is 0 Å². The Morgan fingerprint density at radius 2 is 2.22 bits per heavy atom. The molecule has 5 nitrogen and oxygen atoms in total. The molecule has 0 atom stereocenters. The minimum atomic E-state index is 0.254. The molecule has 0 saturated heterocycles. The maximum Gasteiger partial charge on any atom is 0.258 e. The van der Waals surface area contributed by atoms with Crippen LogP contribution in [-0.4, -0.2) is 21.9 Å². The molecule has 2 aromatic rings. The van der Waals surface area contributed by atoms with Gasteiger partial charge in [-0.1, -0.05) is 12.1 Å². The van der Waals surface area contributed by atoms with Gasteiger partial charge in [0.05, 0.1) is 0 Å². The van der Waals surface area contributed by atoms with Gasteiger partial charge in [0.15, 0.2) is 5.82 Å². The van der Waals surface area contributed by atoms with Crippen LogP contribution in [0.1, 0.15) is 24.7 Å². The summed E-state index contributed by atoms with van der Waals surface area (Å²) < 4.78 is 10.5. The fourth-order valence-corrected chi connectivity index (χ4v) is 1.53. The van der Waals surface area contributed by atoms with E-state index >= 15 is 0 Å². The van der Waals surface area contributed by atoms with Crippen molar-refractivity contribution in [3.8, 4) is 17.2 Å². The Hall–Kier alpha value is -1.88. The summed E-state index contributed by atoms with van der Waals surface area (Å²) in [7, 11) is 0. The van der Waals surface area contributed by atoms with Crippen LogP contribution in [0, 0.1) is 6.92 Å². The Kier molecular flexibility index (Phi) is 3.94. The summed E-state index contributed by atoms with van der Waals surface area (Å²) in [5.74, 6) is 1.22. The first-order valence-corrected chi connectivity index (χ1v) is 5.91. The van der Waals surface area contributed by atoms with Crippen LogP contribution < -0.4 is 0 Å². The maximum atomic E-state index is 9.45. The van der Waals surface area contributed by atoms with Crippen LogP contribution in [0.2, 0.25) is 0 Å². The summed E-state index contributed by atoms with van der Waals surface area (Å²) in [6, 6.07) is 5.16. The Morgan fingerprint density at radius 3 is 2.94 bits per heavy atom. The van der Waals surface area contributed by atoms with Gasteiger partial charge in [-0.2, -0.15) is 4.98 Å². The van der Waals surface area contributed by atoms with E-state index in [1.807, 2.05) is 13.8 Å². The van der Waals surface area contributed by atoms with E-state index in [0.717, 1.165) is 17.5 Å². The summed E-state index contributed by atoms with van der Waals surface area (Å²) in [6.45, 7) is 4.90. The second kappa shape index (κ2) is 5.64. The molecule has 18 heavy (non-hydrogen) atoms. The van der Waals surface area contributed by atoms with Gasteiger partial charge in [-0.05, 0) is 37.1 Å². The molecule has 0 aliphatic carbocycles. The highest BCUT2D eigenvalue weighted by Gasteiger charge is 2.09. The zero-order valence-electron chi connectivity index (χ0n) is 10.5. The summed E-state index contributed by atoms with van der Waals surface area (Å²) in [4.78, 5) is 4.24. The molecule has 0 spiro atoms. The number of hydrogen-bond donors (Lipinski definition) is 1. The van der Waals surface area contributed by atoms with Crippen LogP contribution in [0.5, 0.6) is 5.75 Å². The molecule has 0 unspecified atom stereocenters. The van der Waals surface area contributed by atoms with Crippen LogP contribution in [0.25, 0.3) is 11.5 Å². The lowest BCUT2D eigenvalue weighted by Crippen LogP contribution is -1.95. The molecule has 0 saturated carbocycles. The molecule has 1 aromatic carbocycles. The van der Waals surface area contributed by atoms with E-state index < -0.39 is 0 Å². The Morgan fingerprint density at radius 1 is 1.39 bits per heavy atom. The summed E-state index contributed by atoms with van der Waals surface area (Å²) >= 11 is 0. The number of rotatable bonds is 5. The first-order valence-electron chi connectivity index (χ1n) is 5.91. The van der Waals surface area contributed by atoms with Crippen LogP contribution in [0.15, 0.2) is 22.7 Å². The quantitative estimate of drug-likeness (QED) is 0.824. The third-order valence-electron chi connectivity index (χ3n) is 2.49. The smallest absolute Gasteiger partial charge is 0.258 e. The number of aromatic nitrogens is 2. The second-order valence-electron chi connectivity index (χ2n) is 4.07. The topological polar surface area (TPSA) is 68.4 Å². The molecular weight excluding hydrogens is 232 g/mol. The Labute approximate surface area is 105 Å². The van der Waals surface area contributed by atoms with Crippen molar-refractivity contribution in [3.05, 3.63) is 29.6 Å². The molecule has 1 heterocycles.